The molecule has 0 spiro atoms. The van der Waals surface area contributed by atoms with Crippen molar-refractivity contribution in [3.05, 3.63) is 57.6 Å². The van der Waals surface area contributed by atoms with E-state index < -0.39 is 61.4 Å². The highest BCUT2D eigenvalue weighted by atomic mass is 35.5. The Labute approximate surface area is 139 Å². The molecule has 11 heteroatoms. The number of halogens is 9. The maximum absolute atomic E-state index is 12.5. The lowest BCUT2D eigenvalue weighted by molar-refractivity contribution is 0.426. The maximum atomic E-state index is 12.5. The largest absolute Gasteiger partial charge is 0.204 e. The predicted octanol–water partition coefficient (Wildman–Crippen LogP) is 5.72. The van der Waals surface area contributed by atoms with Crippen molar-refractivity contribution in [1.82, 2.24) is 0 Å². The van der Waals surface area contributed by atoms with Gasteiger partial charge in [0.05, 0.1) is 9.79 Å². The van der Waals surface area contributed by atoms with E-state index >= 15 is 0 Å². The van der Waals surface area contributed by atoms with E-state index in [-0.39, 0.29) is 6.07 Å². The number of thiol groups is 2. The molecule has 0 fully saturated rings. The summed E-state index contributed by atoms with van der Waals surface area (Å²) in [6, 6.07) is 0.129. The highest BCUT2D eigenvalue weighted by molar-refractivity contribution is 7.80. The van der Waals surface area contributed by atoms with Crippen molar-refractivity contribution < 1.29 is 35.1 Å². The molecule has 23 heavy (non-hydrogen) atoms. The molecule has 0 aliphatic heterocycles. The van der Waals surface area contributed by atoms with Gasteiger partial charge in [-0.15, -0.1) is 25.3 Å². The summed E-state index contributed by atoms with van der Waals surface area (Å²) in [5.41, 5.74) is 0. The van der Waals surface area contributed by atoms with Crippen LogP contribution in [0.1, 0.15) is 0 Å². The third-order valence-corrected chi connectivity index (χ3v) is 3.39. The summed E-state index contributed by atoms with van der Waals surface area (Å²) in [7, 11) is 0. The fraction of sp³-hybridized carbons (Fsp3) is 0. The van der Waals surface area contributed by atoms with Crippen molar-refractivity contribution in [1.29, 1.82) is 0 Å². The molecule has 0 aliphatic rings. The fourth-order valence-electron chi connectivity index (χ4n) is 1.15. The van der Waals surface area contributed by atoms with Crippen LogP contribution < -0.4 is 0 Å². The zero-order valence-corrected chi connectivity index (χ0v) is 12.9. The molecule has 0 aliphatic carbocycles. The van der Waals surface area contributed by atoms with Gasteiger partial charge in [0.1, 0.15) is 5.02 Å². The first-order valence-corrected chi connectivity index (χ1v) is 6.50. The first-order chi connectivity index (χ1) is 10.5. The topological polar surface area (TPSA) is 0 Å². The molecule has 2 rings (SSSR count). The summed E-state index contributed by atoms with van der Waals surface area (Å²) in [4.78, 5) is -1.96. The molecule has 0 saturated carbocycles. The molecule has 2 aromatic carbocycles. The van der Waals surface area contributed by atoms with Crippen molar-refractivity contribution in [3.63, 3.8) is 0 Å². The molecule has 0 aromatic heterocycles. The van der Waals surface area contributed by atoms with E-state index in [9.17, 15) is 35.1 Å². The Bertz CT molecular complexity index is 634. The van der Waals surface area contributed by atoms with Gasteiger partial charge in [0.2, 0.25) is 0 Å². The zero-order chi connectivity index (χ0) is 18.1. The van der Waals surface area contributed by atoms with E-state index in [0.717, 1.165) is 0 Å². The SMILES string of the molecule is Fc1c(F)c(Cl)c(F)c(F)c1S.Fc1cc(F)c(F)c(S)c1F. The van der Waals surface area contributed by atoms with Crippen LogP contribution >= 0.6 is 36.9 Å². The second-order valence-electron chi connectivity index (χ2n) is 3.74. The average Bonchev–Trinajstić information content (AvgIpc) is 2.53. The molecule has 0 unspecified atom stereocenters. The number of hydrogen-bond donors (Lipinski definition) is 2. The van der Waals surface area contributed by atoms with Crippen LogP contribution in [0.25, 0.3) is 0 Å². The summed E-state index contributed by atoms with van der Waals surface area (Å²) < 4.78 is 98.9. The lowest BCUT2D eigenvalue weighted by Gasteiger charge is -2.02. The van der Waals surface area contributed by atoms with Crippen LogP contribution in [0.15, 0.2) is 15.9 Å². The Balaban J connectivity index is 0.000000231. The molecule has 126 valence electrons. The minimum atomic E-state index is -1.64. The van der Waals surface area contributed by atoms with Gasteiger partial charge >= 0.3 is 0 Å². The van der Waals surface area contributed by atoms with E-state index in [2.05, 4.69) is 25.3 Å². The molecule has 0 amide bonds. The smallest absolute Gasteiger partial charge is 0.181 e. The lowest BCUT2D eigenvalue weighted by atomic mass is 10.3. The zero-order valence-electron chi connectivity index (χ0n) is 10.4. The summed E-state index contributed by atoms with van der Waals surface area (Å²) in [6.07, 6.45) is 0. The minimum absolute atomic E-state index is 0.129. The van der Waals surface area contributed by atoms with Crippen LogP contribution in [-0.4, -0.2) is 0 Å². The molecule has 0 N–H and O–H groups in total. The lowest BCUT2D eigenvalue weighted by Crippen LogP contribution is -1.97. The first kappa shape index (κ1) is 19.9. The molecule has 0 radical (unpaired) electrons. The molecule has 0 bridgehead atoms. The number of hydrogen-bond acceptors (Lipinski definition) is 2. The Hall–Kier alpha value is -1.13. The Morgan fingerprint density at radius 3 is 1.22 bits per heavy atom. The number of rotatable bonds is 0. The van der Waals surface area contributed by atoms with Gasteiger partial charge in [-0.1, -0.05) is 11.6 Å². The van der Waals surface area contributed by atoms with Crippen molar-refractivity contribution in [2.24, 2.45) is 0 Å². The Morgan fingerprint density at radius 2 is 0.870 bits per heavy atom. The van der Waals surface area contributed by atoms with Gasteiger partial charge in [-0.25, -0.2) is 35.1 Å². The summed E-state index contributed by atoms with van der Waals surface area (Å²) in [6.45, 7) is 0. The van der Waals surface area contributed by atoms with E-state index in [1.807, 2.05) is 0 Å². The quantitative estimate of drug-likeness (QED) is 0.241. The molecule has 0 atom stereocenters. The van der Waals surface area contributed by atoms with Crippen molar-refractivity contribution in [2.75, 3.05) is 0 Å². The Kier molecular flexibility index (Phi) is 6.60. The fourth-order valence-corrected chi connectivity index (χ4v) is 1.73. The van der Waals surface area contributed by atoms with Gasteiger partial charge in [-0.05, 0) is 0 Å². The summed E-state index contributed by atoms with van der Waals surface area (Å²) in [5, 5.41) is -1.21. The molecule has 0 saturated heterocycles. The van der Waals surface area contributed by atoms with Crippen LogP contribution in [0.4, 0.5) is 35.1 Å². The van der Waals surface area contributed by atoms with E-state index in [1.165, 1.54) is 0 Å². The number of benzene rings is 2. The first-order valence-electron chi connectivity index (χ1n) is 5.23. The highest BCUT2D eigenvalue weighted by Gasteiger charge is 2.22. The van der Waals surface area contributed by atoms with Gasteiger partial charge in [0.25, 0.3) is 0 Å². The van der Waals surface area contributed by atoms with Gasteiger partial charge in [0, 0.05) is 6.07 Å². The van der Waals surface area contributed by atoms with Crippen molar-refractivity contribution in [3.8, 4) is 0 Å². The van der Waals surface area contributed by atoms with E-state index in [1.54, 1.807) is 0 Å². The van der Waals surface area contributed by atoms with E-state index in [0.29, 0.717) is 0 Å². The average molecular weight is 399 g/mol. The monoisotopic (exact) mass is 398 g/mol. The van der Waals surface area contributed by atoms with Crippen LogP contribution in [0.5, 0.6) is 0 Å². The van der Waals surface area contributed by atoms with Gasteiger partial charge in [-0.3, -0.25) is 0 Å². The predicted molar refractivity (Wildman–Crippen MR) is 72.1 cm³/mol. The second kappa shape index (κ2) is 7.63. The molecular formula is C12H3ClF8S2. The van der Waals surface area contributed by atoms with E-state index in [4.69, 9.17) is 11.6 Å². The van der Waals surface area contributed by atoms with Gasteiger partial charge < -0.3 is 0 Å². The van der Waals surface area contributed by atoms with Gasteiger partial charge in [-0.2, -0.15) is 0 Å². The minimum Gasteiger partial charge on any atom is -0.204 e. The van der Waals surface area contributed by atoms with Crippen LogP contribution in [-0.2, 0) is 0 Å². The standard InChI is InChI=1S/C6HClF4S.C6H2F4S/c7-1-2(8)4(10)6(12)5(11)3(1)9;7-2-1-3(8)5(10)6(11)4(2)9/h12H;1,11H. The van der Waals surface area contributed by atoms with Crippen molar-refractivity contribution in [2.45, 2.75) is 9.79 Å². The maximum Gasteiger partial charge on any atom is 0.181 e. The normalized spacial score (nSPS) is 10.4. The molecule has 0 heterocycles. The second-order valence-corrected chi connectivity index (χ2v) is 5.01. The third-order valence-electron chi connectivity index (χ3n) is 2.28. The molecule has 2 aromatic rings. The van der Waals surface area contributed by atoms with Gasteiger partial charge in [0.15, 0.2) is 46.5 Å². The summed E-state index contributed by atoms with van der Waals surface area (Å²) in [5.74, 6) is -12.3. The van der Waals surface area contributed by atoms with Crippen molar-refractivity contribution >= 4 is 36.9 Å². The third kappa shape index (κ3) is 4.04. The van der Waals surface area contributed by atoms with Crippen LogP contribution in [0, 0.1) is 46.5 Å². The highest BCUT2D eigenvalue weighted by Crippen LogP contribution is 2.29. The molecular weight excluding hydrogens is 396 g/mol. The molecule has 0 nitrogen and oxygen atoms in total. The van der Waals surface area contributed by atoms with Crippen LogP contribution in [0.3, 0.4) is 0 Å². The summed E-state index contributed by atoms with van der Waals surface area (Å²) >= 11 is 11.3. The van der Waals surface area contributed by atoms with Crippen LogP contribution in [0.2, 0.25) is 5.02 Å². The Morgan fingerprint density at radius 1 is 0.565 bits per heavy atom.